The lowest BCUT2D eigenvalue weighted by Gasteiger charge is -2.36. The number of aliphatic hydroxyl groups is 1. The summed E-state index contributed by atoms with van der Waals surface area (Å²) in [6.07, 6.45) is 5.09. The van der Waals surface area contributed by atoms with Crippen molar-refractivity contribution < 1.29 is 27.4 Å². The molecule has 1 saturated carbocycles. The molecule has 29 heavy (non-hydrogen) atoms. The number of amides is 1. The summed E-state index contributed by atoms with van der Waals surface area (Å²) in [5, 5.41) is 12.7. The van der Waals surface area contributed by atoms with Crippen LogP contribution >= 0.6 is 0 Å². The number of halogens is 1. The summed E-state index contributed by atoms with van der Waals surface area (Å²) in [7, 11) is -3.71. The first-order valence-electron chi connectivity index (χ1n) is 10.2. The minimum atomic E-state index is -3.71. The third-order valence-corrected chi connectivity index (χ3v) is 7.21. The van der Waals surface area contributed by atoms with E-state index in [1.54, 1.807) is 0 Å². The van der Waals surface area contributed by atoms with Gasteiger partial charge in [-0.25, -0.2) is 17.5 Å². The molecule has 0 unspecified atom stereocenters. The highest BCUT2D eigenvalue weighted by Crippen LogP contribution is 2.27. The van der Waals surface area contributed by atoms with Crippen LogP contribution in [0.5, 0.6) is 0 Å². The molecule has 0 radical (unpaired) electrons. The van der Waals surface area contributed by atoms with E-state index in [1.807, 2.05) is 0 Å². The SMILES string of the molecule is O=C(N[C@H]1CC[C@@H](CCNS(=O)(=O)c2ccc(F)cc2)O[C@@H]1CO)C1CCCC1. The number of nitrogens with one attached hydrogen (secondary N) is 2. The monoisotopic (exact) mass is 428 g/mol. The molecule has 0 bridgehead atoms. The molecule has 162 valence electrons. The van der Waals surface area contributed by atoms with E-state index in [-0.39, 0.29) is 42.0 Å². The zero-order valence-electron chi connectivity index (χ0n) is 16.3. The van der Waals surface area contributed by atoms with Gasteiger partial charge in [-0.2, -0.15) is 0 Å². The molecule has 1 amide bonds. The number of hydrogen-bond donors (Lipinski definition) is 3. The first-order valence-corrected chi connectivity index (χ1v) is 11.7. The molecular weight excluding hydrogens is 399 g/mol. The zero-order valence-corrected chi connectivity index (χ0v) is 17.2. The number of sulfonamides is 1. The van der Waals surface area contributed by atoms with Gasteiger partial charge in [-0.15, -0.1) is 0 Å². The fourth-order valence-corrected chi connectivity index (χ4v) is 5.10. The molecule has 0 aromatic heterocycles. The van der Waals surface area contributed by atoms with Crippen LogP contribution in [0.2, 0.25) is 0 Å². The van der Waals surface area contributed by atoms with Gasteiger partial charge >= 0.3 is 0 Å². The predicted molar refractivity (Wildman–Crippen MR) is 105 cm³/mol. The largest absolute Gasteiger partial charge is 0.394 e. The second-order valence-electron chi connectivity index (χ2n) is 7.79. The van der Waals surface area contributed by atoms with Crippen LogP contribution in [0.25, 0.3) is 0 Å². The first kappa shape index (κ1) is 22.1. The van der Waals surface area contributed by atoms with Gasteiger partial charge in [-0.05, 0) is 56.4 Å². The molecule has 2 aliphatic rings. The molecule has 1 aromatic carbocycles. The second-order valence-corrected chi connectivity index (χ2v) is 9.56. The Kier molecular flexibility index (Phi) is 7.61. The lowest BCUT2D eigenvalue weighted by molar-refractivity contribution is -0.131. The Labute approximate surface area is 171 Å². The van der Waals surface area contributed by atoms with Crippen molar-refractivity contribution in [2.75, 3.05) is 13.2 Å². The second kappa shape index (κ2) is 9.97. The molecule has 1 aliphatic heterocycles. The molecular formula is C20H29FN2O5S. The van der Waals surface area contributed by atoms with Gasteiger partial charge in [0, 0.05) is 12.5 Å². The average Bonchev–Trinajstić information content (AvgIpc) is 3.24. The van der Waals surface area contributed by atoms with Gasteiger partial charge in [0.05, 0.1) is 23.6 Å². The summed E-state index contributed by atoms with van der Waals surface area (Å²) in [4.78, 5) is 12.4. The topological polar surface area (TPSA) is 105 Å². The third kappa shape index (κ3) is 5.97. The maximum atomic E-state index is 13.0. The number of ether oxygens (including phenoxy) is 1. The molecule has 3 N–H and O–H groups in total. The van der Waals surface area contributed by atoms with Gasteiger partial charge < -0.3 is 15.2 Å². The average molecular weight is 429 g/mol. The van der Waals surface area contributed by atoms with Crippen molar-refractivity contribution >= 4 is 15.9 Å². The summed E-state index contributed by atoms with van der Waals surface area (Å²) < 4.78 is 45.8. The van der Waals surface area contributed by atoms with Crippen molar-refractivity contribution in [1.29, 1.82) is 0 Å². The van der Waals surface area contributed by atoms with Crippen LogP contribution < -0.4 is 10.0 Å². The highest BCUT2D eigenvalue weighted by Gasteiger charge is 2.33. The Morgan fingerprint density at radius 1 is 1.14 bits per heavy atom. The van der Waals surface area contributed by atoms with Gasteiger partial charge in [-0.1, -0.05) is 12.8 Å². The summed E-state index contributed by atoms with van der Waals surface area (Å²) in [5.74, 6) is -0.392. The number of rotatable bonds is 8. The van der Waals surface area contributed by atoms with Gasteiger partial charge in [0.1, 0.15) is 11.9 Å². The lowest BCUT2D eigenvalue weighted by Crippen LogP contribution is -2.52. The number of carbonyl (C=O) groups is 1. The fourth-order valence-electron chi connectivity index (χ4n) is 4.05. The van der Waals surface area contributed by atoms with Crippen LogP contribution in [-0.4, -0.2) is 50.8 Å². The minimum Gasteiger partial charge on any atom is -0.394 e. The standard InChI is InChI=1S/C20H29FN2O5S/c21-15-5-8-17(9-6-15)29(26,27)22-12-11-16-7-10-18(19(13-24)28-16)23-20(25)14-3-1-2-4-14/h5-6,8-9,14,16,18-19,22,24H,1-4,7,10-13H2,(H,23,25)/t16-,18-,19+/m0/s1. The van der Waals surface area contributed by atoms with Crippen LogP contribution in [0.4, 0.5) is 4.39 Å². The van der Waals surface area contributed by atoms with Crippen LogP contribution in [0, 0.1) is 11.7 Å². The molecule has 9 heteroatoms. The molecule has 1 aliphatic carbocycles. The van der Waals surface area contributed by atoms with Crippen molar-refractivity contribution in [1.82, 2.24) is 10.0 Å². The van der Waals surface area contributed by atoms with Gasteiger partial charge in [0.15, 0.2) is 0 Å². The van der Waals surface area contributed by atoms with Gasteiger partial charge in [0.25, 0.3) is 0 Å². The number of aliphatic hydroxyl groups excluding tert-OH is 1. The Hall–Kier alpha value is -1.55. The van der Waals surface area contributed by atoms with E-state index >= 15 is 0 Å². The maximum Gasteiger partial charge on any atom is 0.240 e. The summed E-state index contributed by atoms with van der Waals surface area (Å²) in [6.45, 7) is -0.0327. The molecule has 7 nitrogen and oxygen atoms in total. The van der Waals surface area contributed by atoms with Gasteiger partial charge in [0.2, 0.25) is 15.9 Å². The Morgan fingerprint density at radius 2 is 1.83 bits per heavy atom. The molecule has 3 atom stereocenters. The lowest BCUT2D eigenvalue weighted by atomic mass is 9.96. The molecule has 3 rings (SSSR count). The predicted octanol–water partition coefficient (Wildman–Crippen LogP) is 1.71. The number of hydrogen-bond acceptors (Lipinski definition) is 5. The summed E-state index contributed by atoms with van der Waals surface area (Å²) in [5.41, 5.74) is 0. The Morgan fingerprint density at radius 3 is 2.48 bits per heavy atom. The zero-order chi connectivity index (χ0) is 20.9. The first-order chi connectivity index (χ1) is 13.9. The van der Waals surface area contributed by atoms with E-state index in [1.165, 1.54) is 12.1 Å². The normalized spacial score (nSPS) is 25.8. The molecule has 0 spiro atoms. The molecule has 1 heterocycles. The van der Waals surface area contributed by atoms with E-state index in [2.05, 4.69) is 10.0 Å². The molecule has 2 fully saturated rings. The van der Waals surface area contributed by atoms with E-state index in [9.17, 15) is 22.7 Å². The van der Waals surface area contributed by atoms with Crippen LogP contribution in [-0.2, 0) is 19.6 Å². The van der Waals surface area contributed by atoms with E-state index < -0.39 is 21.9 Å². The smallest absolute Gasteiger partial charge is 0.240 e. The van der Waals surface area contributed by atoms with Crippen LogP contribution in [0.1, 0.15) is 44.9 Å². The maximum absolute atomic E-state index is 13.0. The number of benzene rings is 1. The van der Waals surface area contributed by atoms with Crippen molar-refractivity contribution in [3.05, 3.63) is 30.1 Å². The highest BCUT2D eigenvalue weighted by atomic mass is 32.2. The van der Waals surface area contributed by atoms with E-state index in [0.717, 1.165) is 37.8 Å². The van der Waals surface area contributed by atoms with Crippen molar-refractivity contribution in [3.8, 4) is 0 Å². The molecule has 1 saturated heterocycles. The Bertz CT molecular complexity index is 781. The van der Waals surface area contributed by atoms with Crippen molar-refractivity contribution in [2.45, 2.75) is 68.1 Å². The quantitative estimate of drug-likeness (QED) is 0.585. The summed E-state index contributed by atoms with van der Waals surface area (Å²) in [6, 6.07) is 4.41. The van der Waals surface area contributed by atoms with Gasteiger partial charge in [-0.3, -0.25) is 4.79 Å². The molecule has 1 aromatic rings. The minimum absolute atomic E-state index is 0.00591. The van der Waals surface area contributed by atoms with Crippen molar-refractivity contribution in [3.63, 3.8) is 0 Å². The van der Waals surface area contributed by atoms with Crippen LogP contribution in [0.15, 0.2) is 29.2 Å². The van der Waals surface area contributed by atoms with E-state index in [4.69, 9.17) is 4.74 Å². The van der Waals surface area contributed by atoms with Crippen LogP contribution in [0.3, 0.4) is 0 Å². The number of carbonyl (C=O) groups excluding carboxylic acids is 1. The summed E-state index contributed by atoms with van der Waals surface area (Å²) >= 11 is 0. The highest BCUT2D eigenvalue weighted by molar-refractivity contribution is 7.89. The third-order valence-electron chi connectivity index (χ3n) is 5.73. The Balaban J connectivity index is 1.45. The van der Waals surface area contributed by atoms with Crippen molar-refractivity contribution in [2.24, 2.45) is 5.92 Å². The van der Waals surface area contributed by atoms with E-state index in [0.29, 0.717) is 19.3 Å². The fraction of sp³-hybridized carbons (Fsp3) is 0.650.